The van der Waals surface area contributed by atoms with Crippen LogP contribution in [0.15, 0.2) is 49.2 Å². The van der Waals surface area contributed by atoms with Crippen molar-refractivity contribution in [2.45, 2.75) is 32.4 Å². The predicted octanol–water partition coefficient (Wildman–Crippen LogP) is 4.28. The molecule has 0 saturated heterocycles. The number of hydrogen-bond donors (Lipinski definition) is 1. The summed E-state index contributed by atoms with van der Waals surface area (Å²) < 4.78 is 9.57. The van der Waals surface area contributed by atoms with Crippen molar-refractivity contribution in [3.8, 4) is 11.1 Å². The van der Waals surface area contributed by atoms with Gasteiger partial charge in [-0.1, -0.05) is 19.6 Å². The van der Waals surface area contributed by atoms with E-state index in [1.165, 1.54) is 0 Å². The largest absolute Gasteiger partial charge is 0.361 e. The highest BCUT2D eigenvalue weighted by atomic mass is 28.3. The SMILES string of the molecule is Cn1cc(-c2cnc3ccc(Nc4nccn4COCC[Si](C)(C)C)nc3c2)cn1. The minimum absolute atomic E-state index is 0.465. The normalized spacial score (nSPS) is 11.9. The smallest absolute Gasteiger partial charge is 0.210 e. The molecule has 30 heavy (non-hydrogen) atoms. The fourth-order valence-electron chi connectivity index (χ4n) is 3.00. The van der Waals surface area contributed by atoms with E-state index in [1.54, 1.807) is 10.9 Å². The molecule has 0 fully saturated rings. The highest BCUT2D eigenvalue weighted by Gasteiger charge is 2.12. The highest BCUT2D eigenvalue weighted by molar-refractivity contribution is 6.76. The molecular formula is C21H27N7OSi. The number of rotatable bonds is 8. The molecule has 9 heteroatoms. The Morgan fingerprint density at radius 2 is 1.93 bits per heavy atom. The molecule has 0 aliphatic heterocycles. The van der Waals surface area contributed by atoms with E-state index in [0.29, 0.717) is 18.5 Å². The third-order valence-electron chi connectivity index (χ3n) is 4.76. The van der Waals surface area contributed by atoms with Crippen LogP contribution < -0.4 is 5.32 Å². The molecular weight excluding hydrogens is 394 g/mol. The first-order valence-corrected chi connectivity index (χ1v) is 13.7. The molecule has 0 atom stereocenters. The summed E-state index contributed by atoms with van der Waals surface area (Å²) in [7, 11) is 0.803. The molecule has 0 unspecified atom stereocenters. The number of imidazole rings is 1. The van der Waals surface area contributed by atoms with E-state index in [2.05, 4.69) is 40.0 Å². The van der Waals surface area contributed by atoms with Crippen molar-refractivity contribution >= 4 is 30.9 Å². The number of nitrogens with zero attached hydrogens (tertiary/aromatic N) is 6. The average molecular weight is 422 g/mol. The molecule has 4 aromatic rings. The zero-order chi connectivity index (χ0) is 21.1. The molecule has 0 radical (unpaired) electrons. The van der Waals surface area contributed by atoms with Crippen LogP contribution in [0.4, 0.5) is 11.8 Å². The van der Waals surface area contributed by atoms with Gasteiger partial charge in [0, 0.05) is 57.6 Å². The summed E-state index contributed by atoms with van der Waals surface area (Å²) >= 11 is 0. The molecule has 1 N–H and O–H groups in total. The van der Waals surface area contributed by atoms with E-state index in [1.807, 2.05) is 54.6 Å². The third-order valence-corrected chi connectivity index (χ3v) is 6.46. The van der Waals surface area contributed by atoms with Crippen LogP contribution in [0.3, 0.4) is 0 Å². The van der Waals surface area contributed by atoms with Crippen molar-refractivity contribution in [3.63, 3.8) is 0 Å². The maximum Gasteiger partial charge on any atom is 0.210 e. The number of aromatic nitrogens is 6. The standard InChI is InChI=1S/C21H27N7OSi/c1-27-14-17(13-24-27)16-11-19-18(23-12-16)5-6-20(25-19)26-21-22-7-8-28(21)15-29-9-10-30(2,3)4/h5-8,11-14H,9-10,15H2,1-4H3,(H,22,25,26). The molecule has 156 valence electrons. The van der Waals surface area contributed by atoms with Gasteiger partial charge in [-0.25, -0.2) is 9.97 Å². The fraction of sp³-hybridized carbons (Fsp3) is 0.333. The van der Waals surface area contributed by atoms with Crippen LogP contribution in [0.2, 0.25) is 25.7 Å². The Kier molecular flexibility index (Phi) is 5.64. The molecule has 4 rings (SSSR count). The third kappa shape index (κ3) is 4.92. The lowest BCUT2D eigenvalue weighted by atomic mass is 10.1. The van der Waals surface area contributed by atoms with Crippen LogP contribution in [0.5, 0.6) is 0 Å². The van der Waals surface area contributed by atoms with Crippen LogP contribution in [0, 0.1) is 0 Å². The zero-order valence-electron chi connectivity index (χ0n) is 17.8. The van der Waals surface area contributed by atoms with Crippen molar-refractivity contribution in [2.24, 2.45) is 7.05 Å². The van der Waals surface area contributed by atoms with Gasteiger partial charge in [0.2, 0.25) is 5.95 Å². The van der Waals surface area contributed by atoms with Crippen LogP contribution in [-0.2, 0) is 18.5 Å². The monoisotopic (exact) mass is 421 g/mol. The highest BCUT2D eigenvalue weighted by Crippen LogP contribution is 2.23. The topological polar surface area (TPSA) is 82.7 Å². The van der Waals surface area contributed by atoms with Gasteiger partial charge in [-0.3, -0.25) is 14.2 Å². The molecule has 0 aliphatic carbocycles. The lowest BCUT2D eigenvalue weighted by Gasteiger charge is -2.16. The quantitative estimate of drug-likeness (QED) is 0.338. The van der Waals surface area contributed by atoms with Crippen LogP contribution in [-0.4, -0.2) is 44.0 Å². The molecule has 0 saturated carbocycles. The number of pyridine rings is 2. The van der Waals surface area contributed by atoms with Crippen LogP contribution >= 0.6 is 0 Å². The summed E-state index contributed by atoms with van der Waals surface area (Å²) in [6.45, 7) is 8.28. The molecule has 4 aromatic heterocycles. The van der Waals surface area contributed by atoms with E-state index in [-0.39, 0.29) is 0 Å². The van der Waals surface area contributed by atoms with Gasteiger partial charge < -0.3 is 10.1 Å². The molecule has 4 heterocycles. The number of nitrogens with one attached hydrogen (secondary N) is 1. The second kappa shape index (κ2) is 8.37. The minimum atomic E-state index is -1.09. The number of hydrogen-bond acceptors (Lipinski definition) is 6. The van der Waals surface area contributed by atoms with Gasteiger partial charge in [-0.05, 0) is 24.2 Å². The second-order valence-corrected chi connectivity index (χ2v) is 14.2. The maximum atomic E-state index is 5.85. The van der Waals surface area contributed by atoms with Gasteiger partial charge in [-0.2, -0.15) is 5.10 Å². The number of aryl methyl sites for hydroxylation is 1. The van der Waals surface area contributed by atoms with Crippen molar-refractivity contribution < 1.29 is 4.74 Å². The molecule has 8 nitrogen and oxygen atoms in total. The predicted molar refractivity (Wildman–Crippen MR) is 121 cm³/mol. The first-order chi connectivity index (χ1) is 14.4. The average Bonchev–Trinajstić information content (AvgIpc) is 3.33. The Hall–Kier alpha value is -3.04. The van der Waals surface area contributed by atoms with E-state index in [0.717, 1.165) is 34.8 Å². The van der Waals surface area contributed by atoms with Gasteiger partial charge >= 0.3 is 0 Å². The van der Waals surface area contributed by atoms with E-state index in [9.17, 15) is 0 Å². The Morgan fingerprint density at radius 3 is 2.70 bits per heavy atom. The molecule has 0 bridgehead atoms. The summed E-state index contributed by atoms with van der Waals surface area (Å²) in [4.78, 5) is 13.7. The lowest BCUT2D eigenvalue weighted by molar-refractivity contribution is 0.0886. The second-order valence-electron chi connectivity index (χ2n) is 8.56. The van der Waals surface area contributed by atoms with Gasteiger partial charge in [0.25, 0.3) is 0 Å². The Morgan fingerprint density at radius 1 is 1.07 bits per heavy atom. The lowest BCUT2D eigenvalue weighted by Crippen LogP contribution is -2.22. The zero-order valence-corrected chi connectivity index (χ0v) is 18.8. The van der Waals surface area contributed by atoms with E-state index >= 15 is 0 Å². The Labute approximate surface area is 177 Å². The van der Waals surface area contributed by atoms with Gasteiger partial charge in [0.1, 0.15) is 12.5 Å². The summed E-state index contributed by atoms with van der Waals surface area (Å²) in [6, 6.07) is 7.03. The summed E-state index contributed by atoms with van der Waals surface area (Å²) in [5, 5.41) is 7.52. The Balaban J connectivity index is 1.48. The van der Waals surface area contributed by atoms with Crippen molar-refractivity contribution in [1.82, 2.24) is 29.3 Å². The number of anilines is 2. The molecule has 0 aliphatic rings. The summed E-state index contributed by atoms with van der Waals surface area (Å²) in [5.41, 5.74) is 3.65. The van der Waals surface area contributed by atoms with Crippen molar-refractivity contribution in [1.29, 1.82) is 0 Å². The van der Waals surface area contributed by atoms with Crippen molar-refractivity contribution in [3.05, 3.63) is 49.2 Å². The van der Waals surface area contributed by atoms with Gasteiger partial charge in [-0.15, -0.1) is 0 Å². The Bertz CT molecular complexity index is 1150. The summed E-state index contributed by atoms with van der Waals surface area (Å²) in [6.07, 6.45) is 9.29. The van der Waals surface area contributed by atoms with Gasteiger partial charge in [0.05, 0.1) is 17.2 Å². The van der Waals surface area contributed by atoms with E-state index in [4.69, 9.17) is 9.72 Å². The minimum Gasteiger partial charge on any atom is -0.361 e. The first-order valence-electron chi connectivity index (χ1n) is 9.99. The van der Waals surface area contributed by atoms with E-state index < -0.39 is 8.07 Å². The first kappa shape index (κ1) is 20.2. The van der Waals surface area contributed by atoms with Gasteiger partial charge in [0.15, 0.2) is 0 Å². The fourth-order valence-corrected chi connectivity index (χ4v) is 3.75. The van der Waals surface area contributed by atoms with Crippen molar-refractivity contribution in [2.75, 3.05) is 11.9 Å². The number of ether oxygens (including phenoxy) is 1. The number of fused-ring (bicyclic) bond motifs is 1. The molecule has 0 aromatic carbocycles. The molecule has 0 amide bonds. The van der Waals surface area contributed by atoms with Crippen LogP contribution in [0.1, 0.15) is 0 Å². The molecule has 0 spiro atoms. The summed E-state index contributed by atoms with van der Waals surface area (Å²) in [5.74, 6) is 1.41. The van der Waals surface area contributed by atoms with Crippen LogP contribution in [0.25, 0.3) is 22.2 Å². The maximum absolute atomic E-state index is 5.85.